The summed E-state index contributed by atoms with van der Waals surface area (Å²) in [5.74, 6) is 0.328. The Balaban J connectivity index is 1.30. The van der Waals surface area contributed by atoms with Crippen LogP contribution in [0.2, 0.25) is 0 Å². The molecule has 0 unspecified atom stereocenters. The zero-order chi connectivity index (χ0) is 37.0. The maximum atomic E-state index is 13.5. The van der Waals surface area contributed by atoms with Gasteiger partial charge in [-0.2, -0.15) is 4.90 Å². The number of aromatic nitrogens is 4. The fraction of sp³-hybridized carbons (Fsp3) is 0.553. The van der Waals surface area contributed by atoms with Gasteiger partial charge in [0, 0.05) is 23.8 Å². The fourth-order valence-electron chi connectivity index (χ4n) is 6.50. The molecule has 2 aliphatic heterocycles. The number of benzene rings is 1. The first kappa shape index (κ1) is 36.5. The summed E-state index contributed by atoms with van der Waals surface area (Å²) < 4.78 is 39.0. The molecule has 5 heterocycles. The second kappa shape index (κ2) is 13.3. The fourth-order valence-corrected chi connectivity index (χ4v) is 6.50. The molecule has 13 heteroatoms. The Morgan fingerprint density at radius 1 is 0.922 bits per heavy atom. The lowest BCUT2D eigenvalue weighted by molar-refractivity contribution is -0.204. The van der Waals surface area contributed by atoms with Crippen molar-refractivity contribution >= 4 is 39.9 Å². The molecule has 51 heavy (non-hydrogen) atoms. The predicted molar refractivity (Wildman–Crippen MR) is 191 cm³/mol. The molecular weight excluding hydrogens is 654 g/mol. The van der Waals surface area contributed by atoms with Crippen LogP contribution in [0.25, 0.3) is 21.9 Å². The van der Waals surface area contributed by atoms with Gasteiger partial charge in [0.1, 0.15) is 53.3 Å². The minimum Gasteiger partial charge on any atom is -0.488 e. The standard InChI is InChI=1S/C38H49N5O8/c1-21(2)16-23-17-24-12-13-25(18-27(24)39-19-23)46-22(3)28-29-30(49-38(10,11)48-29)33(47-28)42-15-14-26-31(42)40-20-41-32(26)43(34(44)50-36(4,5)6)35(45)51-37(7,8)9/h12-15,17-22,28-30,33H,16H2,1-11H3/t22-,28-,29-,30-,33-/m1/s1. The Morgan fingerprint density at radius 3 is 2.24 bits per heavy atom. The van der Waals surface area contributed by atoms with Crippen molar-refractivity contribution in [3.8, 4) is 5.75 Å². The van der Waals surface area contributed by atoms with Crippen molar-refractivity contribution in [3.05, 3.63) is 54.6 Å². The van der Waals surface area contributed by atoms with Crippen molar-refractivity contribution < 1.29 is 38.0 Å². The van der Waals surface area contributed by atoms with Crippen molar-refractivity contribution in [2.75, 3.05) is 4.90 Å². The quantitative estimate of drug-likeness (QED) is 0.187. The van der Waals surface area contributed by atoms with E-state index in [9.17, 15) is 9.59 Å². The largest absolute Gasteiger partial charge is 0.488 e. The highest BCUT2D eigenvalue weighted by Crippen LogP contribution is 2.45. The van der Waals surface area contributed by atoms with E-state index in [1.807, 2.05) is 45.2 Å². The number of rotatable bonds is 7. The monoisotopic (exact) mass is 703 g/mol. The van der Waals surface area contributed by atoms with Crippen molar-refractivity contribution in [2.24, 2.45) is 5.92 Å². The molecule has 2 aliphatic rings. The normalized spacial score (nSPS) is 22.3. The van der Waals surface area contributed by atoms with Crippen molar-refractivity contribution in [2.45, 2.75) is 130 Å². The van der Waals surface area contributed by atoms with Gasteiger partial charge in [0.05, 0.1) is 10.9 Å². The summed E-state index contributed by atoms with van der Waals surface area (Å²) in [7, 11) is 0. The van der Waals surface area contributed by atoms with Crippen LogP contribution in [0.5, 0.6) is 5.75 Å². The summed E-state index contributed by atoms with van der Waals surface area (Å²) in [6, 6.07) is 9.79. The molecular formula is C38H49N5O8. The lowest BCUT2D eigenvalue weighted by atomic mass is 10.0. The van der Waals surface area contributed by atoms with Crippen LogP contribution in [-0.4, -0.2) is 73.1 Å². The van der Waals surface area contributed by atoms with E-state index in [2.05, 4.69) is 34.9 Å². The summed E-state index contributed by atoms with van der Waals surface area (Å²) >= 11 is 0. The highest BCUT2D eigenvalue weighted by Gasteiger charge is 2.58. The average molecular weight is 704 g/mol. The summed E-state index contributed by atoms with van der Waals surface area (Å²) in [5, 5.41) is 1.46. The Morgan fingerprint density at radius 2 is 1.59 bits per heavy atom. The van der Waals surface area contributed by atoms with Crippen LogP contribution < -0.4 is 9.64 Å². The molecule has 2 fully saturated rings. The minimum absolute atomic E-state index is 0.00945. The zero-order valence-electron chi connectivity index (χ0n) is 31.3. The smallest absolute Gasteiger partial charge is 0.425 e. The van der Waals surface area contributed by atoms with Gasteiger partial charge in [-0.25, -0.2) is 19.6 Å². The first-order valence-electron chi connectivity index (χ1n) is 17.4. The molecule has 274 valence electrons. The van der Waals surface area contributed by atoms with E-state index in [1.54, 1.807) is 58.4 Å². The number of imide groups is 1. The van der Waals surface area contributed by atoms with E-state index in [4.69, 9.17) is 28.4 Å². The lowest BCUT2D eigenvalue weighted by Crippen LogP contribution is -2.44. The van der Waals surface area contributed by atoms with Crippen LogP contribution >= 0.6 is 0 Å². The van der Waals surface area contributed by atoms with Gasteiger partial charge in [-0.15, -0.1) is 0 Å². The second-order valence-electron chi connectivity index (χ2n) is 16.1. The maximum absolute atomic E-state index is 13.5. The highest BCUT2D eigenvalue weighted by atomic mass is 16.8. The molecule has 13 nitrogen and oxygen atoms in total. The first-order valence-corrected chi connectivity index (χ1v) is 17.4. The number of pyridine rings is 1. The number of anilines is 1. The van der Waals surface area contributed by atoms with Crippen LogP contribution in [0, 0.1) is 5.92 Å². The van der Waals surface area contributed by atoms with E-state index in [-0.39, 0.29) is 5.82 Å². The molecule has 0 N–H and O–H groups in total. The molecule has 0 aliphatic carbocycles. The summed E-state index contributed by atoms with van der Waals surface area (Å²) in [6.45, 7) is 20.3. The van der Waals surface area contributed by atoms with Crippen LogP contribution in [-0.2, 0) is 30.1 Å². The predicted octanol–water partition coefficient (Wildman–Crippen LogP) is 7.74. The molecule has 0 saturated carbocycles. The molecule has 6 rings (SSSR count). The summed E-state index contributed by atoms with van der Waals surface area (Å²) in [4.78, 5) is 41.3. The van der Waals surface area contributed by atoms with Gasteiger partial charge in [0.25, 0.3) is 0 Å². The Hall–Kier alpha value is -4.33. The number of amides is 2. The molecule has 0 bridgehead atoms. The number of fused-ring (bicyclic) bond motifs is 3. The molecule has 5 atom stereocenters. The zero-order valence-corrected chi connectivity index (χ0v) is 31.3. The second-order valence-corrected chi connectivity index (χ2v) is 16.1. The molecule has 1 aromatic carbocycles. The van der Waals surface area contributed by atoms with E-state index < -0.39 is 59.8 Å². The van der Waals surface area contributed by atoms with Gasteiger partial charge in [-0.05, 0) is 104 Å². The van der Waals surface area contributed by atoms with Crippen LogP contribution in [0.15, 0.2) is 49.1 Å². The minimum atomic E-state index is -0.929. The first-order chi connectivity index (χ1) is 23.8. The third-order valence-corrected chi connectivity index (χ3v) is 8.33. The van der Waals surface area contributed by atoms with E-state index in [0.717, 1.165) is 22.2 Å². The number of hydrogen-bond acceptors (Lipinski definition) is 11. The van der Waals surface area contributed by atoms with Crippen LogP contribution in [0.4, 0.5) is 15.4 Å². The maximum Gasteiger partial charge on any atom is 0.425 e. The van der Waals surface area contributed by atoms with Gasteiger partial charge >= 0.3 is 12.2 Å². The van der Waals surface area contributed by atoms with E-state index in [1.165, 1.54) is 11.9 Å². The molecule has 2 saturated heterocycles. The van der Waals surface area contributed by atoms with Gasteiger partial charge in [-0.1, -0.05) is 13.8 Å². The Kier molecular flexibility index (Phi) is 9.53. The Labute approximate surface area is 298 Å². The number of carbonyl (C=O) groups is 2. The van der Waals surface area contributed by atoms with Crippen LogP contribution in [0.1, 0.15) is 88.0 Å². The van der Waals surface area contributed by atoms with Gasteiger partial charge < -0.3 is 33.0 Å². The third kappa shape index (κ3) is 7.95. The van der Waals surface area contributed by atoms with Gasteiger partial charge in [-0.3, -0.25) is 4.98 Å². The number of nitrogens with zero attached hydrogens (tertiary/aromatic N) is 5. The molecule has 2 amide bonds. The lowest BCUT2D eigenvalue weighted by Gasteiger charge is -2.28. The number of hydrogen-bond donors (Lipinski definition) is 0. The molecule has 3 aromatic heterocycles. The summed E-state index contributed by atoms with van der Waals surface area (Å²) in [6.07, 6.45) is 1.40. The Bertz CT molecular complexity index is 1900. The van der Waals surface area contributed by atoms with Crippen molar-refractivity contribution in [3.63, 3.8) is 0 Å². The third-order valence-electron chi connectivity index (χ3n) is 8.33. The molecule has 0 radical (unpaired) electrons. The van der Waals surface area contributed by atoms with Crippen molar-refractivity contribution in [1.82, 2.24) is 19.5 Å². The topological polar surface area (TPSA) is 136 Å². The molecule has 0 spiro atoms. The van der Waals surface area contributed by atoms with Gasteiger partial charge in [0.15, 0.2) is 17.8 Å². The molecule has 4 aromatic rings. The summed E-state index contributed by atoms with van der Waals surface area (Å²) in [5.41, 5.74) is 0.680. The van der Waals surface area contributed by atoms with Crippen molar-refractivity contribution in [1.29, 1.82) is 0 Å². The SMILES string of the molecule is CC(C)Cc1cnc2cc(O[C@H](C)[C@H]3O[C@@H](n4ccc5c(N(C(=O)OC(C)(C)C)C(=O)OC(C)(C)C)ncnc54)[C@@H]4OC(C)(C)O[C@@H]43)ccc2c1. The average Bonchev–Trinajstić information content (AvgIpc) is 3.66. The number of ether oxygens (including phenoxy) is 6. The highest BCUT2D eigenvalue weighted by molar-refractivity contribution is 6.13. The van der Waals surface area contributed by atoms with Gasteiger partial charge in [0.2, 0.25) is 0 Å². The van der Waals surface area contributed by atoms with E-state index in [0.29, 0.717) is 22.7 Å². The number of carbonyl (C=O) groups excluding carboxylic acids is 2. The van der Waals surface area contributed by atoms with Crippen LogP contribution in [0.3, 0.4) is 0 Å². The van der Waals surface area contributed by atoms with E-state index >= 15 is 0 Å².